The number of carbonyl (C=O) groups excluding carboxylic acids is 1. The van der Waals surface area contributed by atoms with E-state index in [1.54, 1.807) is 6.07 Å². The molecular weight excluding hydrogens is 447 g/mol. The van der Waals surface area contributed by atoms with Gasteiger partial charge in [0.1, 0.15) is 11.6 Å². The smallest absolute Gasteiger partial charge is 0.409 e. The molecule has 1 amide bonds. The van der Waals surface area contributed by atoms with Crippen molar-refractivity contribution in [3.63, 3.8) is 0 Å². The Morgan fingerprint density at radius 3 is 2.51 bits per heavy atom. The van der Waals surface area contributed by atoms with Crippen molar-refractivity contribution in [1.29, 1.82) is 0 Å². The van der Waals surface area contributed by atoms with Crippen LogP contribution in [0.15, 0.2) is 24.7 Å². The molecule has 2 aliphatic heterocycles. The van der Waals surface area contributed by atoms with E-state index >= 15 is 0 Å². The fourth-order valence-corrected chi connectivity index (χ4v) is 6.12. The zero-order chi connectivity index (χ0) is 24.0. The van der Waals surface area contributed by atoms with Crippen molar-refractivity contribution in [2.45, 2.75) is 51.0 Å². The maximum atomic E-state index is 14.2. The Kier molecular flexibility index (Phi) is 5.82. The number of amides is 1. The number of ether oxygens (including phenoxy) is 1. The minimum atomic E-state index is -0.324. The number of anilines is 1. The van der Waals surface area contributed by atoms with Crippen LogP contribution in [0.4, 0.5) is 14.9 Å². The number of rotatable bonds is 5. The third-order valence-corrected chi connectivity index (χ3v) is 8.15. The van der Waals surface area contributed by atoms with E-state index < -0.39 is 0 Å². The summed E-state index contributed by atoms with van der Waals surface area (Å²) < 4.78 is 19.4. The standard InChI is InChI=1S/C26H33FN6O2/c1-2-35-25(34)33-16-26(17-33)6-5-21(12-26)31-7-9-32(10-8-31)22-11-20(27)15-28-23(22)19-13-29-24(30-14-19)18-3-4-18/h11,13-15,18,21H,2-10,12,16-17H2,1H3/t21-/m1/s1. The van der Waals surface area contributed by atoms with Crippen molar-refractivity contribution in [2.75, 3.05) is 50.8 Å². The van der Waals surface area contributed by atoms with Crippen LogP contribution < -0.4 is 4.90 Å². The highest BCUT2D eigenvalue weighted by Gasteiger charge is 2.51. The maximum absolute atomic E-state index is 14.2. The number of hydrogen-bond donors (Lipinski definition) is 0. The van der Waals surface area contributed by atoms with Gasteiger partial charge in [-0.3, -0.25) is 9.88 Å². The zero-order valence-electron chi connectivity index (χ0n) is 20.3. The van der Waals surface area contributed by atoms with E-state index in [1.165, 1.54) is 19.0 Å². The monoisotopic (exact) mass is 480 g/mol. The second-order valence-electron chi connectivity index (χ2n) is 10.6. The van der Waals surface area contributed by atoms with Crippen molar-refractivity contribution in [2.24, 2.45) is 5.41 Å². The predicted molar refractivity (Wildman–Crippen MR) is 130 cm³/mol. The Hall–Kier alpha value is -2.81. The van der Waals surface area contributed by atoms with E-state index in [-0.39, 0.29) is 17.3 Å². The van der Waals surface area contributed by atoms with E-state index in [9.17, 15) is 9.18 Å². The van der Waals surface area contributed by atoms with Gasteiger partial charge in [-0.15, -0.1) is 0 Å². The van der Waals surface area contributed by atoms with Crippen LogP contribution in [0.25, 0.3) is 11.3 Å². The first-order valence-electron chi connectivity index (χ1n) is 12.9. The lowest BCUT2D eigenvalue weighted by Gasteiger charge is -2.48. The summed E-state index contributed by atoms with van der Waals surface area (Å²) in [5.74, 6) is 1.08. The second kappa shape index (κ2) is 9.00. The molecule has 2 aromatic rings. The molecule has 6 rings (SSSR count). The van der Waals surface area contributed by atoms with Crippen molar-refractivity contribution in [3.8, 4) is 11.3 Å². The molecule has 186 valence electrons. The molecule has 0 N–H and O–H groups in total. The van der Waals surface area contributed by atoms with Gasteiger partial charge < -0.3 is 14.5 Å². The van der Waals surface area contributed by atoms with E-state index in [0.717, 1.165) is 81.3 Å². The Labute approximate surface area is 205 Å². The molecule has 9 heteroatoms. The number of carbonyl (C=O) groups is 1. The SMILES string of the molecule is CCOC(=O)N1CC2(CC[C@@H](N3CCN(c4cc(F)cnc4-c4cnc(C5CC5)nc4)CC3)C2)C1. The van der Waals surface area contributed by atoms with Gasteiger partial charge in [0.2, 0.25) is 0 Å². The fraction of sp³-hybridized carbons (Fsp3) is 0.615. The third-order valence-electron chi connectivity index (χ3n) is 8.15. The Balaban J connectivity index is 1.09. The molecule has 2 aliphatic carbocycles. The molecule has 0 aromatic carbocycles. The summed E-state index contributed by atoms with van der Waals surface area (Å²) >= 11 is 0. The molecule has 0 unspecified atom stereocenters. The summed E-state index contributed by atoms with van der Waals surface area (Å²) in [6, 6.07) is 2.14. The minimum absolute atomic E-state index is 0.178. The van der Waals surface area contributed by atoms with Crippen LogP contribution in [-0.4, -0.2) is 82.8 Å². The molecule has 0 radical (unpaired) electrons. The highest BCUT2D eigenvalue weighted by molar-refractivity contribution is 5.74. The van der Waals surface area contributed by atoms with Gasteiger partial charge in [0.25, 0.3) is 0 Å². The van der Waals surface area contributed by atoms with Gasteiger partial charge in [0.15, 0.2) is 0 Å². The van der Waals surface area contributed by atoms with Crippen LogP contribution >= 0.6 is 0 Å². The Morgan fingerprint density at radius 1 is 1.09 bits per heavy atom. The number of aromatic nitrogens is 3. The van der Waals surface area contributed by atoms with Gasteiger partial charge in [-0.05, 0) is 39.0 Å². The number of likely N-dealkylation sites (tertiary alicyclic amines) is 1. The summed E-state index contributed by atoms with van der Waals surface area (Å²) in [6.07, 6.45) is 10.6. The van der Waals surface area contributed by atoms with Crippen LogP contribution in [0.3, 0.4) is 0 Å². The molecule has 1 spiro atoms. The molecule has 4 heterocycles. The highest BCUT2D eigenvalue weighted by atomic mass is 19.1. The third kappa shape index (κ3) is 4.46. The van der Waals surface area contributed by atoms with E-state index in [2.05, 4.69) is 24.8 Å². The van der Waals surface area contributed by atoms with Gasteiger partial charge in [0, 0.05) is 80.7 Å². The molecule has 8 nitrogen and oxygen atoms in total. The molecule has 4 aliphatic rings. The molecule has 4 fully saturated rings. The van der Waals surface area contributed by atoms with E-state index in [4.69, 9.17) is 4.74 Å². The average Bonchev–Trinajstić information content (AvgIpc) is 3.61. The van der Waals surface area contributed by atoms with Crippen LogP contribution in [0.2, 0.25) is 0 Å². The van der Waals surface area contributed by atoms with E-state index in [0.29, 0.717) is 18.6 Å². The number of nitrogens with zero attached hydrogens (tertiary/aromatic N) is 6. The zero-order valence-corrected chi connectivity index (χ0v) is 20.3. The average molecular weight is 481 g/mol. The lowest BCUT2D eigenvalue weighted by atomic mass is 9.78. The van der Waals surface area contributed by atoms with Crippen molar-refractivity contribution < 1.29 is 13.9 Å². The minimum Gasteiger partial charge on any atom is -0.450 e. The van der Waals surface area contributed by atoms with Crippen LogP contribution in [0.5, 0.6) is 0 Å². The van der Waals surface area contributed by atoms with Crippen molar-refractivity contribution >= 4 is 11.8 Å². The maximum Gasteiger partial charge on any atom is 0.409 e. The largest absolute Gasteiger partial charge is 0.450 e. The summed E-state index contributed by atoms with van der Waals surface area (Å²) in [6.45, 7) is 7.46. The lowest BCUT2D eigenvalue weighted by molar-refractivity contribution is -0.00294. The summed E-state index contributed by atoms with van der Waals surface area (Å²) in [5.41, 5.74) is 2.66. The van der Waals surface area contributed by atoms with Gasteiger partial charge >= 0.3 is 6.09 Å². The van der Waals surface area contributed by atoms with Crippen LogP contribution in [0.1, 0.15) is 50.8 Å². The molecule has 1 atom stereocenters. The predicted octanol–water partition coefficient (Wildman–Crippen LogP) is 3.69. The van der Waals surface area contributed by atoms with Gasteiger partial charge in [-0.1, -0.05) is 0 Å². The molecular formula is C26H33FN6O2. The Bertz CT molecular complexity index is 1080. The van der Waals surface area contributed by atoms with Crippen molar-refractivity contribution in [1.82, 2.24) is 24.8 Å². The molecule has 35 heavy (non-hydrogen) atoms. The number of halogens is 1. The molecule has 0 bridgehead atoms. The number of hydrogen-bond acceptors (Lipinski definition) is 7. The summed E-state index contributed by atoms with van der Waals surface area (Å²) in [7, 11) is 0. The number of pyridine rings is 1. The van der Waals surface area contributed by atoms with Gasteiger partial charge in [-0.2, -0.15) is 0 Å². The molecule has 2 saturated carbocycles. The van der Waals surface area contributed by atoms with Crippen LogP contribution in [0, 0.1) is 11.2 Å². The van der Waals surface area contributed by atoms with E-state index in [1.807, 2.05) is 24.2 Å². The normalized spacial score (nSPS) is 24.0. The van der Waals surface area contributed by atoms with Gasteiger partial charge in [-0.25, -0.2) is 19.2 Å². The topological polar surface area (TPSA) is 74.7 Å². The first kappa shape index (κ1) is 22.6. The van der Waals surface area contributed by atoms with Crippen molar-refractivity contribution in [3.05, 3.63) is 36.3 Å². The second-order valence-corrected chi connectivity index (χ2v) is 10.6. The number of piperazine rings is 1. The van der Waals surface area contributed by atoms with Gasteiger partial charge in [0.05, 0.1) is 24.2 Å². The Morgan fingerprint density at radius 2 is 1.83 bits per heavy atom. The first-order valence-corrected chi connectivity index (χ1v) is 12.9. The lowest BCUT2D eigenvalue weighted by Crippen LogP contribution is -2.58. The highest BCUT2D eigenvalue weighted by Crippen LogP contribution is 2.47. The summed E-state index contributed by atoms with van der Waals surface area (Å²) in [4.78, 5) is 32.1. The molecule has 2 aromatic heterocycles. The van der Waals surface area contributed by atoms with Crippen LogP contribution in [-0.2, 0) is 4.74 Å². The first-order chi connectivity index (χ1) is 17.0. The quantitative estimate of drug-likeness (QED) is 0.646. The summed E-state index contributed by atoms with van der Waals surface area (Å²) in [5, 5.41) is 0. The fourth-order valence-electron chi connectivity index (χ4n) is 6.12. The molecule has 2 saturated heterocycles.